The van der Waals surface area contributed by atoms with Crippen LogP contribution in [0.5, 0.6) is 0 Å². The van der Waals surface area contributed by atoms with Gasteiger partial charge in [-0.05, 0) is 36.8 Å². The highest BCUT2D eigenvalue weighted by molar-refractivity contribution is 7.98. The molecule has 3 aromatic rings. The first-order valence-electron chi connectivity index (χ1n) is 6.40. The maximum atomic E-state index is 5.97. The number of aromatic nitrogens is 3. The van der Waals surface area contributed by atoms with Gasteiger partial charge in [-0.25, -0.2) is 9.50 Å². The van der Waals surface area contributed by atoms with E-state index in [1.165, 1.54) is 0 Å². The van der Waals surface area contributed by atoms with E-state index in [9.17, 15) is 0 Å². The third kappa shape index (κ3) is 2.91. The van der Waals surface area contributed by atoms with Crippen molar-refractivity contribution in [2.75, 3.05) is 12.5 Å². The van der Waals surface area contributed by atoms with Crippen LogP contribution in [-0.4, -0.2) is 27.1 Å². The number of hydrogen-bond donors (Lipinski definition) is 0. The second kappa shape index (κ2) is 6.30. The van der Waals surface area contributed by atoms with Crippen LogP contribution in [0.4, 0.5) is 0 Å². The Morgan fingerprint density at radius 3 is 2.52 bits per heavy atom. The summed E-state index contributed by atoms with van der Waals surface area (Å²) in [5.41, 5.74) is 4.05. The second-order valence-electron chi connectivity index (χ2n) is 4.49. The fourth-order valence-corrected chi connectivity index (χ4v) is 3.20. The smallest absolute Gasteiger partial charge is 0.154 e. The molecular formula is C15H14ClN3S2. The predicted molar refractivity (Wildman–Crippen MR) is 92.4 cm³/mol. The Labute approximate surface area is 137 Å². The molecular weight excluding hydrogens is 322 g/mol. The predicted octanol–water partition coefficient (Wildman–Crippen LogP) is 4.63. The molecule has 3 rings (SSSR count). The number of hydrogen-bond acceptors (Lipinski definition) is 4. The number of fused-ring (bicyclic) bond motifs is 1. The monoisotopic (exact) mass is 335 g/mol. The van der Waals surface area contributed by atoms with E-state index in [2.05, 4.69) is 11.4 Å². The average molecular weight is 336 g/mol. The highest BCUT2D eigenvalue weighted by Crippen LogP contribution is 2.28. The van der Waals surface area contributed by atoms with Crippen molar-refractivity contribution in [3.63, 3.8) is 0 Å². The van der Waals surface area contributed by atoms with Crippen molar-refractivity contribution in [3.05, 3.63) is 47.1 Å². The standard InChI is InChI=1S/C15H14ClN3S2/c1-20-9-12-15(10-3-5-11(16)6-4-10)17-13-7-8-14(21-2)18-19(12)13/h3-8H,9H2,1-2H3. The van der Waals surface area contributed by atoms with E-state index in [1.807, 2.05) is 47.2 Å². The van der Waals surface area contributed by atoms with Gasteiger partial charge in [0.2, 0.25) is 0 Å². The summed E-state index contributed by atoms with van der Waals surface area (Å²) in [5, 5.41) is 6.38. The van der Waals surface area contributed by atoms with Gasteiger partial charge in [0.25, 0.3) is 0 Å². The van der Waals surface area contributed by atoms with Crippen molar-refractivity contribution in [1.29, 1.82) is 0 Å². The van der Waals surface area contributed by atoms with Crippen LogP contribution in [0.25, 0.3) is 16.9 Å². The zero-order chi connectivity index (χ0) is 14.8. The molecule has 0 aliphatic heterocycles. The molecule has 0 bridgehead atoms. The minimum absolute atomic E-state index is 0.733. The van der Waals surface area contributed by atoms with Crippen molar-refractivity contribution in [2.24, 2.45) is 0 Å². The summed E-state index contributed by atoms with van der Waals surface area (Å²) >= 11 is 9.37. The Morgan fingerprint density at radius 2 is 1.86 bits per heavy atom. The minimum Gasteiger partial charge on any atom is -0.227 e. The van der Waals surface area contributed by atoms with Gasteiger partial charge in [-0.1, -0.05) is 23.7 Å². The maximum Gasteiger partial charge on any atom is 0.154 e. The molecule has 0 atom stereocenters. The fourth-order valence-electron chi connectivity index (χ4n) is 2.18. The van der Waals surface area contributed by atoms with Crippen LogP contribution in [0.1, 0.15) is 5.69 Å². The lowest BCUT2D eigenvalue weighted by atomic mass is 10.1. The van der Waals surface area contributed by atoms with Crippen LogP contribution < -0.4 is 0 Å². The lowest BCUT2D eigenvalue weighted by Crippen LogP contribution is -1.98. The van der Waals surface area contributed by atoms with Gasteiger partial charge in [-0.15, -0.1) is 11.8 Å². The van der Waals surface area contributed by atoms with Gasteiger partial charge in [0.15, 0.2) is 5.65 Å². The lowest BCUT2D eigenvalue weighted by Gasteiger charge is -2.04. The SMILES string of the molecule is CSCc1c(-c2ccc(Cl)cc2)nc2ccc(SC)nn12. The van der Waals surface area contributed by atoms with Gasteiger partial charge in [-0.2, -0.15) is 16.9 Å². The molecule has 108 valence electrons. The lowest BCUT2D eigenvalue weighted by molar-refractivity contribution is 0.830. The number of nitrogens with zero attached hydrogens (tertiary/aromatic N) is 3. The molecule has 2 aromatic heterocycles. The minimum atomic E-state index is 0.733. The Kier molecular flexibility index (Phi) is 4.42. The molecule has 0 unspecified atom stereocenters. The third-order valence-electron chi connectivity index (χ3n) is 3.15. The van der Waals surface area contributed by atoms with Gasteiger partial charge in [0.05, 0.1) is 11.4 Å². The number of thioether (sulfide) groups is 2. The van der Waals surface area contributed by atoms with Crippen molar-refractivity contribution in [3.8, 4) is 11.3 Å². The van der Waals surface area contributed by atoms with Crippen LogP contribution >= 0.6 is 35.1 Å². The van der Waals surface area contributed by atoms with Crippen LogP contribution in [-0.2, 0) is 5.75 Å². The van der Waals surface area contributed by atoms with E-state index in [0.717, 1.165) is 38.4 Å². The van der Waals surface area contributed by atoms with Crippen molar-refractivity contribution >= 4 is 40.8 Å². The summed E-state index contributed by atoms with van der Waals surface area (Å²) in [4.78, 5) is 4.74. The van der Waals surface area contributed by atoms with Gasteiger partial charge in [-0.3, -0.25) is 0 Å². The van der Waals surface area contributed by atoms with Gasteiger partial charge in [0, 0.05) is 16.3 Å². The quantitative estimate of drug-likeness (QED) is 0.650. The highest BCUT2D eigenvalue weighted by atomic mass is 35.5. The van der Waals surface area contributed by atoms with Gasteiger partial charge < -0.3 is 0 Å². The fraction of sp³-hybridized carbons (Fsp3) is 0.200. The van der Waals surface area contributed by atoms with Crippen LogP contribution in [0.3, 0.4) is 0 Å². The number of rotatable bonds is 4. The molecule has 0 aliphatic carbocycles. The Hall–Kier alpha value is -1.17. The summed E-state index contributed by atoms with van der Waals surface area (Å²) in [5.74, 6) is 0.865. The average Bonchev–Trinajstić information content (AvgIpc) is 2.86. The van der Waals surface area contributed by atoms with Crippen molar-refractivity contribution < 1.29 is 0 Å². The second-order valence-corrected chi connectivity index (χ2v) is 6.62. The summed E-state index contributed by atoms with van der Waals surface area (Å²) in [6.45, 7) is 0. The molecule has 0 aliphatic rings. The van der Waals surface area contributed by atoms with E-state index in [1.54, 1.807) is 23.5 Å². The zero-order valence-corrected chi connectivity index (χ0v) is 14.1. The topological polar surface area (TPSA) is 30.2 Å². The third-order valence-corrected chi connectivity index (χ3v) is 4.60. The van der Waals surface area contributed by atoms with E-state index >= 15 is 0 Å². The molecule has 0 radical (unpaired) electrons. The summed E-state index contributed by atoms with van der Waals surface area (Å²) in [7, 11) is 0. The molecule has 0 saturated heterocycles. The van der Waals surface area contributed by atoms with Crippen molar-refractivity contribution in [1.82, 2.24) is 14.6 Å². The van der Waals surface area contributed by atoms with Crippen LogP contribution in [0.15, 0.2) is 41.4 Å². The summed E-state index contributed by atoms with van der Waals surface area (Å²) in [6.07, 6.45) is 4.11. The Bertz CT molecular complexity index is 768. The molecule has 0 N–H and O–H groups in total. The highest BCUT2D eigenvalue weighted by Gasteiger charge is 2.15. The molecule has 1 aromatic carbocycles. The molecule has 0 amide bonds. The molecule has 21 heavy (non-hydrogen) atoms. The summed E-state index contributed by atoms with van der Waals surface area (Å²) < 4.78 is 1.95. The number of benzene rings is 1. The van der Waals surface area contributed by atoms with Gasteiger partial charge >= 0.3 is 0 Å². The van der Waals surface area contributed by atoms with E-state index in [-0.39, 0.29) is 0 Å². The Balaban J connectivity index is 2.21. The largest absolute Gasteiger partial charge is 0.227 e. The first-order chi connectivity index (χ1) is 10.2. The molecule has 6 heteroatoms. The van der Waals surface area contributed by atoms with Crippen molar-refractivity contribution in [2.45, 2.75) is 10.8 Å². The molecule has 0 fully saturated rings. The maximum absolute atomic E-state index is 5.97. The van der Waals surface area contributed by atoms with Gasteiger partial charge in [0.1, 0.15) is 5.03 Å². The molecule has 0 saturated carbocycles. The first kappa shape index (κ1) is 14.8. The number of imidazole rings is 1. The van der Waals surface area contributed by atoms with E-state index in [0.29, 0.717) is 0 Å². The van der Waals surface area contributed by atoms with E-state index in [4.69, 9.17) is 16.6 Å². The van der Waals surface area contributed by atoms with Crippen LogP contribution in [0.2, 0.25) is 5.02 Å². The zero-order valence-electron chi connectivity index (χ0n) is 11.7. The Morgan fingerprint density at radius 1 is 1.10 bits per heavy atom. The number of halogens is 1. The molecule has 3 nitrogen and oxygen atoms in total. The van der Waals surface area contributed by atoms with E-state index < -0.39 is 0 Å². The molecule has 2 heterocycles. The molecule has 0 spiro atoms. The normalized spacial score (nSPS) is 11.2. The first-order valence-corrected chi connectivity index (χ1v) is 9.40. The summed E-state index contributed by atoms with van der Waals surface area (Å²) in [6, 6.07) is 11.8. The van der Waals surface area contributed by atoms with Crippen LogP contribution in [0, 0.1) is 0 Å².